The molecule has 3 rings (SSSR count). The molecule has 2 unspecified atom stereocenters. The fourth-order valence-electron chi connectivity index (χ4n) is 3.97. The van der Waals surface area contributed by atoms with Crippen LogP contribution in [0.5, 0.6) is 0 Å². The van der Waals surface area contributed by atoms with Gasteiger partial charge >= 0.3 is 0 Å². The number of piperidine rings is 1. The third-order valence-corrected chi connectivity index (χ3v) is 5.21. The van der Waals surface area contributed by atoms with Crippen molar-refractivity contribution in [2.75, 3.05) is 19.6 Å². The van der Waals surface area contributed by atoms with E-state index >= 15 is 0 Å². The van der Waals surface area contributed by atoms with Crippen molar-refractivity contribution >= 4 is 11.6 Å². The number of halogens is 1. The molecule has 1 N–H and O–H groups in total. The molecule has 1 aliphatic carbocycles. The highest BCUT2D eigenvalue weighted by atomic mass is 35.5. The van der Waals surface area contributed by atoms with Crippen molar-refractivity contribution in [2.24, 2.45) is 0 Å². The molecule has 0 saturated carbocycles. The van der Waals surface area contributed by atoms with Crippen LogP contribution in [0.4, 0.5) is 0 Å². The van der Waals surface area contributed by atoms with Crippen LogP contribution >= 0.6 is 11.6 Å². The van der Waals surface area contributed by atoms with E-state index in [-0.39, 0.29) is 0 Å². The van der Waals surface area contributed by atoms with Gasteiger partial charge in [0.2, 0.25) is 0 Å². The summed E-state index contributed by atoms with van der Waals surface area (Å²) in [6.45, 7) is 5.88. The fourth-order valence-corrected chi connectivity index (χ4v) is 4.16. The predicted molar refractivity (Wildman–Crippen MR) is 90.0 cm³/mol. The summed E-state index contributed by atoms with van der Waals surface area (Å²) in [5, 5.41) is 4.58. The van der Waals surface area contributed by atoms with Crippen LogP contribution in [0.2, 0.25) is 5.02 Å². The number of nitrogens with one attached hydrogen (secondary N) is 1. The van der Waals surface area contributed by atoms with Crippen molar-refractivity contribution in [1.82, 2.24) is 10.2 Å². The molecule has 21 heavy (non-hydrogen) atoms. The maximum Gasteiger partial charge on any atom is 0.0408 e. The van der Waals surface area contributed by atoms with Gasteiger partial charge in [-0.05, 0) is 68.5 Å². The van der Waals surface area contributed by atoms with E-state index in [1.165, 1.54) is 69.3 Å². The molecule has 2 aliphatic rings. The second-order valence-corrected chi connectivity index (χ2v) is 6.98. The molecular weight excluding hydrogens is 280 g/mol. The average Bonchev–Trinajstić information content (AvgIpc) is 2.90. The Morgan fingerprint density at radius 2 is 2.19 bits per heavy atom. The molecule has 1 aromatic carbocycles. The normalized spacial score (nSPS) is 25.3. The monoisotopic (exact) mass is 306 g/mol. The van der Waals surface area contributed by atoms with Crippen molar-refractivity contribution in [2.45, 2.75) is 57.5 Å². The maximum absolute atomic E-state index is 6.14. The molecule has 0 aromatic heterocycles. The van der Waals surface area contributed by atoms with Crippen molar-refractivity contribution in [1.29, 1.82) is 0 Å². The lowest BCUT2D eigenvalue weighted by Crippen LogP contribution is -2.44. The summed E-state index contributed by atoms with van der Waals surface area (Å²) in [6, 6.07) is 7.76. The summed E-state index contributed by atoms with van der Waals surface area (Å²) in [5.74, 6) is 0. The first-order chi connectivity index (χ1) is 10.3. The molecule has 116 valence electrons. The Morgan fingerprint density at radius 1 is 1.29 bits per heavy atom. The second kappa shape index (κ2) is 7.13. The van der Waals surface area contributed by atoms with Gasteiger partial charge in [-0.2, -0.15) is 0 Å². The van der Waals surface area contributed by atoms with Crippen molar-refractivity contribution in [3.8, 4) is 0 Å². The number of hydrogen-bond donors (Lipinski definition) is 1. The summed E-state index contributed by atoms with van der Waals surface area (Å²) in [6.07, 6.45) is 7.72. The van der Waals surface area contributed by atoms with Gasteiger partial charge < -0.3 is 5.32 Å². The Hall–Kier alpha value is -0.570. The first-order valence-electron chi connectivity index (χ1n) is 8.53. The highest BCUT2D eigenvalue weighted by molar-refractivity contribution is 6.30. The van der Waals surface area contributed by atoms with E-state index in [2.05, 4.69) is 35.3 Å². The van der Waals surface area contributed by atoms with Gasteiger partial charge in [0.15, 0.2) is 0 Å². The third-order valence-electron chi connectivity index (χ3n) is 4.97. The van der Waals surface area contributed by atoms with Gasteiger partial charge in [0.05, 0.1) is 0 Å². The largest absolute Gasteiger partial charge is 0.313 e. The number of fused-ring (bicyclic) bond motifs is 1. The molecule has 0 spiro atoms. The first-order valence-corrected chi connectivity index (χ1v) is 8.91. The molecule has 1 fully saturated rings. The topological polar surface area (TPSA) is 15.3 Å². The minimum Gasteiger partial charge on any atom is -0.313 e. The molecule has 1 heterocycles. The Bertz CT molecular complexity index is 468. The van der Waals surface area contributed by atoms with E-state index in [1.54, 1.807) is 0 Å². The highest BCUT2D eigenvalue weighted by Crippen LogP contribution is 2.37. The zero-order valence-electron chi connectivity index (χ0n) is 13.1. The number of benzene rings is 1. The van der Waals surface area contributed by atoms with Crippen LogP contribution in [0.15, 0.2) is 18.2 Å². The Balaban J connectivity index is 1.72. The van der Waals surface area contributed by atoms with Gasteiger partial charge in [-0.1, -0.05) is 31.0 Å². The van der Waals surface area contributed by atoms with Gasteiger partial charge in [0.25, 0.3) is 0 Å². The van der Waals surface area contributed by atoms with Crippen molar-refractivity contribution in [3.63, 3.8) is 0 Å². The standard InChI is InChI=1S/C18H27ClN2/c1-2-11-21(13-16-5-3-4-10-20-16)18-9-6-14-12-15(19)7-8-17(14)18/h7-8,12,16,18,20H,2-6,9-11,13H2,1H3. The minimum atomic E-state index is 0.598. The van der Waals surface area contributed by atoms with Crippen LogP contribution in [0.25, 0.3) is 0 Å². The van der Waals surface area contributed by atoms with Gasteiger partial charge in [-0.15, -0.1) is 0 Å². The van der Waals surface area contributed by atoms with Crippen LogP contribution in [0, 0.1) is 0 Å². The van der Waals surface area contributed by atoms with Crippen molar-refractivity contribution < 1.29 is 0 Å². The number of aryl methyl sites for hydroxylation is 1. The van der Waals surface area contributed by atoms with Gasteiger partial charge in [-0.3, -0.25) is 4.90 Å². The van der Waals surface area contributed by atoms with E-state index < -0.39 is 0 Å². The summed E-state index contributed by atoms with van der Waals surface area (Å²) in [5.41, 5.74) is 2.98. The third kappa shape index (κ3) is 3.61. The molecule has 1 aliphatic heterocycles. The van der Waals surface area contributed by atoms with Gasteiger partial charge in [0, 0.05) is 23.7 Å². The van der Waals surface area contributed by atoms with Crippen molar-refractivity contribution in [3.05, 3.63) is 34.3 Å². The van der Waals surface area contributed by atoms with Gasteiger partial charge in [-0.25, -0.2) is 0 Å². The minimum absolute atomic E-state index is 0.598. The van der Waals surface area contributed by atoms with Crippen LogP contribution in [-0.2, 0) is 6.42 Å². The van der Waals surface area contributed by atoms with E-state index in [9.17, 15) is 0 Å². The highest BCUT2D eigenvalue weighted by Gasteiger charge is 2.29. The van der Waals surface area contributed by atoms with Crippen LogP contribution in [0.3, 0.4) is 0 Å². The Kier molecular flexibility index (Phi) is 5.20. The maximum atomic E-state index is 6.14. The average molecular weight is 307 g/mol. The van der Waals surface area contributed by atoms with E-state index in [0.717, 1.165) is 5.02 Å². The SMILES string of the molecule is CCCN(CC1CCCCN1)C1CCc2cc(Cl)ccc21. The summed E-state index contributed by atoms with van der Waals surface area (Å²) >= 11 is 6.14. The number of rotatable bonds is 5. The van der Waals surface area contributed by atoms with E-state index in [4.69, 9.17) is 11.6 Å². The number of hydrogen-bond acceptors (Lipinski definition) is 2. The van der Waals surface area contributed by atoms with Crippen LogP contribution in [0.1, 0.15) is 56.2 Å². The summed E-state index contributed by atoms with van der Waals surface area (Å²) < 4.78 is 0. The Labute approximate surface area is 133 Å². The Morgan fingerprint density at radius 3 is 2.95 bits per heavy atom. The lowest BCUT2D eigenvalue weighted by Gasteiger charge is -2.34. The smallest absolute Gasteiger partial charge is 0.0408 e. The summed E-state index contributed by atoms with van der Waals surface area (Å²) in [7, 11) is 0. The molecule has 2 nitrogen and oxygen atoms in total. The lowest BCUT2D eigenvalue weighted by molar-refractivity contribution is 0.165. The molecule has 0 bridgehead atoms. The second-order valence-electron chi connectivity index (χ2n) is 6.54. The molecule has 1 aromatic rings. The molecule has 2 atom stereocenters. The van der Waals surface area contributed by atoms with E-state index in [0.29, 0.717) is 12.1 Å². The molecule has 0 radical (unpaired) electrons. The fraction of sp³-hybridized carbons (Fsp3) is 0.667. The zero-order chi connectivity index (χ0) is 14.7. The molecule has 0 amide bonds. The van der Waals surface area contributed by atoms with Gasteiger partial charge in [0.1, 0.15) is 0 Å². The molecule has 3 heteroatoms. The quantitative estimate of drug-likeness (QED) is 0.878. The predicted octanol–water partition coefficient (Wildman–Crippen LogP) is 4.18. The lowest BCUT2D eigenvalue weighted by atomic mass is 10.0. The zero-order valence-corrected chi connectivity index (χ0v) is 13.8. The molecular formula is C18H27ClN2. The summed E-state index contributed by atoms with van der Waals surface area (Å²) in [4.78, 5) is 2.71. The van der Waals surface area contributed by atoms with Crippen LogP contribution in [-0.4, -0.2) is 30.6 Å². The first kappa shape index (κ1) is 15.3. The van der Waals surface area contributed by atoms with Crippen LogP contribution < -0.4 is 5.32 Å². The molecule has 1 saturated heterocycles. The number of nitrogens with zero attached hydrogens (tertiary/aromatic N) is 1. The van der Waals surface area contributed by atoms with E-state index in [1.807, 2.05) is 0 Å².